The lowest BCUT2D eigenvalue weighted by Gasteiger charge is -2.37. The first-order valence-electron chi connectivity index (χ1n) is 10.5. The summed E-state index contributed by atoms with van der Waals surface area (Å²) in [5, 5.41) is 0. The number of nitrogens with zero attached hydrogens (tertiary/aromatic N) is 1. The first-order valence-corrected chi connectivity index (χ1v) is 11.4. The van der Waals surface area contributed by atoms with Crippen LogP contribution >= 0.6 is 11.9 Å². The first kappa shape index (κ1) is 20.7. The molecule has 1 saturated carbocycles. The second-order valence-electron chi connectivity index (χ2n) is 7.84. The molecular formula is C22H34N2O2S. The number of nitrogens with one attached hydrogen (secondary N) is 1. The fourth-order valence-corrected chi connectivity index (χ4v) is 5.07. The Morgan fingerprint density at radius 3 is 2.74 bits per heavy atom. The second kappa shape index (κ2) is 9.94. The predicted molar refractivity (Wildman–Crippen MR) is 114 cm³/mol. The van der Waals surface area contributed by atoms with E-state index in [4.69, 9.17) is 4.74 Å². The van der Waals surface area contributed by atoms with Gasteiger partial charge in [0.25, 0.3) is 5.56 Å². The lowest BCUT2D eigenvalue weighted by atomic mass is 9.87. The minimum atomic E-state index is 0.0773. The van der Waals surface area contributed by atoms with Gasteiger partial charge in [-0.3, -0.25) is 9.52 Å². The molecule has 150 valence electrons. The number of fused-ring (bicyclic) bond motifs is 1. The van der Waals surface area contributed by atoms with Gasteiger partial charge in [0.05, 0.1) is 18.8 Å². The molecule has 1 N–H and O–H groups in total. The smallest absolute Gasteiger partial charge is 0.254 e. The van der Waals surface area contributed by atoms with Crippen LogP contribution in [0.2, 0.25) is 0 Å². The monoisotopic (exact) mass is 390 g/mol. The second-order valence-corrected chi connectivity index (χ2v) is 8.94. The molecule has 27 heavy (non-hydrogen) atoms. The van der Waals surface area contributed by atoms with Gasteiger partial charge in [-0.1, -0.05) is 37.1 Å². The Hall–Kier alpha value is -1.04. The van der Waals surface area contributed by atoms with E-state index in [9.17, 15) is 4.79 Å². The van der Waals surface area contributed by atoms with Crippen molar-refractivity contribution in [2.45, 2.75) is 77.5 Å². The third-order valence-electron chi connectivity index (χ3n) is 5.96. The van der Waals surface area contributed by atoms with Crippen molar-refractivity contribution in [3.63, 3.8) is 0 Å². The molecule has 0 spiro atoms. The molecule has 2 unspecified atom stereocenters. The average Bonchev–Trinajstić information content (AvgIpc) is 2.69. The molecule has 0 saturated heterocycles. The van der Waals surface area contributed by atoms with Gasteiger partial charge in [0, 0.05) is 23.1 Å². The average molecular weight is 391 g/mol. The highest BCUT2D eigenvalue weighted by Gasteiger charge is 2.32. The lowest BCUT2D eigenvalue weighted by Crippen LogP contribution is -2.46. The Bertz CT molecular complexity index is 692. The van der Waals surface area contributed by atoms with Gasteiger partial charge >= 0.3 is 0 Å². The summed E-state index contributed by atoms with van der Waals surface area (Å²) < 4.78 is 12.0. The Kier molecular flexibility index (Phi) is 7.62. The molecule has 1 aromatic rings. The molecule has 0 aromatic carbocycles. The minimum Gasteiger partial charge on any atom is -0.376 e. The quantitative estimate of drug-likeness (QED) is 0.553. The van der Waals surface area contributed by atoms with Gasteiger partial charge in [0.1, 0.15) is 0 Å². The molecule has 5 heteroatoms. The molecule has 1 aromatic heterocycles. The van der Waals surface area contributed by atoms with Gasteiger partial charge in [0.15, 0.2) is 0 Å². The van der Waals surface area contributed by atoms with Crippen LogP contribution in [-0.4, -0.2) is 29.1 Å². The van der Waals surface area contributed by atoms with E-state index >= 15 is 0 Å². The van der Waals surface area contributed by atoms with E-state index in [0.717, 1.165) is 42.7 Å². The summed E-state index contributed by atoms with van der Waals surface area (Å²) in [6.07, 6.45) is 11.5. The normalized spacial score (nSPS) is 28.4. The van der Waals surface area contributed by atoms with Crippen molar-refractivity contribution in [3.8, 4) is 0 Å². The van der Waals surface area contributed by atoms with E-state index in [1.54, 1.807) is 11.9 Å². The Labute approximate surface area is 167 Å². The molecule has 0 amide bonds. The molecule has 4 nitrogen and oxygen atoms in total. The van der Waals surface area contributed by atoms with E-state index < -0.39 is 0 Å². The molecule has 1 fully saturated rings. The minimum absolute atomic E-state index is 0.0773. The van der Waals surface area contributed by atoms with Crippen molar-refractivity contribution in [3.05, 3.63) is 45.9 Å². The van der Waals surface area contributed by atoms with Crippen LogP contribution in [0.4, 0.5) is 0 Å². The van der Waals surface area contributed by atoms with Crippen LogP contribution in [0.25, 0.3) is 0 Å². The molecule has 1 aliphatic heterocycles. The standard InChI is InChI=1S/C22H34N2O2S/c1-4-6-17-8-12-19(13-9-17)26-15-21-20(23-27-5-2)14-11-18-10-7-16(3)22(25)24(18)21/h4,6-7,10,17,19-21,23H,5,8-9,11-15H2,1-3H3/b6-4-. The van der Waals surface area contributed by atoms with Crippen LogP contribution in [0, 0.1) is 12.8 Å². The van der Waals surface area contributed by atoms with Crippen molar-refractivity contribution < 1.29 is 4.74 Å². The summed E-state index contributed by atoms with van der Waals surface area (Å²) in [5.41, 5.74) is 2.11. The zero-order valence-electron chi connectivity index (χ0n) is 16.9. The first-order chi connectivity index (χ1) is 13.1. The zero-order chi connectivity index (χ0) is 19.2. The topological polar surface area (TPSA) is 43.3 Å². The molecule has 2 atom stereocenters. The molecule has 0 bridgehead atoms. The summed E-state index contributed by atoms with van der Waals surface area (Å²) in [5.74, 6) is 1.74. The zero-order valence-corrected chi connectivity index (χ0v) is 17.8. The van der Waals surface area contributed by atoms with Crippen LogP contribution in [0.1, 0.15) is 63.3 Å². The molecule has 2 aliphatic rings. The summed E-state index contributed by atoms with van der Waals surface area (Å²) in [6.45, 7) is 6.79. The van der Waals surface area contributed by atoms with Crippen molar-refractivity contribution in [2.75, 3.05) is 12.4 Å². The predicted octanol–water partition coefficient (Wildman–Crippen LogP) is 4.42. The molecule has 3 rings (SSSR count). The molecule has 2 heterocycles. The molecule has 0 radical (unpaired) electrons. The maximum Gasteiger partial charge on any atom is 0.254 e. The van der Waals surface area contributed by atoms with E-state index in [2.05, 4.69) is 36.8 Å². The number of hydrogen-bond acceptors (Lipinski definition) is 4. The SMILES string of the molecule is C/C=C\C1CCC(OCC2C(NSCC)CCc3ccc(C)c(=O)n32)CC1. The van der Waals surface area contributed by atoms with Crippen molar-refractivity contribution in [1.82, 2.24) is 9.29 Å². The highest BCUT2D eigenvalue weighted by Crippen LogP contribution is 2.30. The van der Waals surface area contributed by atoms with Gasteiger partial charge in [-0.2, -0.15) is 0 Å². The van der Waals surface area contributed by atoms with Crippen LogP contribution in [-0.2, 0) is 11.2 Å². The number of allylic oxidation sites excluding steroid dienone is 2. The Balaban J connectivity index is 1.71. The van der Waals surface area contributed by atoms with E-state index in [0.29, 0.717) is 18.6 Å². The van der Waals surface area contributed by atoms with Gasteiger partial charge < -0.3 is 9.30 Å². The fraction of sp³-hybridized carbons (Fsp3) is 0.682. The van der Waals surface area contributed by atoms with Gasteiger partial charge in [-0.15, -0.1) is 0 Å². The number of aryl methyl sites for hydroxylation is 2. The fourth-order valence-electron chi connectivity index (χ4n) is 4.41. The van der Waals surface area contributed by atoms with Crippen LogP contribution in [0.5, 0.6) is 0 Å². The van der Waals surface area contributed by atoms with Crippen molar-refractivity contribution in [1.29, 1.82) is 0 Å². The largest absolute Gasteiger partial charge is 0.376 e. The highest BCUT2D eigenvalue weighted by atomic mass is 32.2. The van der Waals surface area contributed by atoms with Crippen LogP contribution in [0.15, 0.2) is 29.1 Å². The van der Waals surface area contributed by atoms with Gasteiger partial charge in [0.2, 0.25) is 0 Å². The maximum absolute atomic E-state index is 12.9. The van der Waals surface area contributed by atoms with E-state index in [-0.39, 0.29) is 17.6 Å². The van der Waals surface area contributed by atoms with Crippen LogP contribution < -0.4 is 10.3 Å². The number of hydrogen-bond donors (Lipinski definition) is 1. The summed E-state index contributed by atoms with van der Waals surface area (Å²) in [6, 6.07) is 4.44. The summed E-state index contributed by atoms with van der Waals surface area (Å²) >= 11 is 1.74. The Morgan fingerprint density at radius 1 is 1.26 bits per heavy atom. The van der Waals surface area contributed by atoms with E-state index in [1.165, 1.54) is 12.8 Å². The van der Waals surface area contributed by atoms with Gasteiger partial charge in [-0.05, 0) is 64.4 Å². The maximum atomic E-state index is 12.9. The summed E-state index contributed by atoms with van der Waals surface area (Å²) in [4.78, 5) is 12.9. The number of aromatic nitrogens is 1. The molecule has 1 aliphatic carbocycles. The van der Waals surface area contributed by atoms with Gasteiger partial charge in [-0.25, -0.2) is 0 Å². The highest BCUT2D eigenvalue weighted by molar-refractivity contribution is 7.97. The Morgan fingerprint density at radius 2 is 2.04 bits per heavy atom. The van der Waals surface area contributed by atoms with E-state index in [1.807, 2.05) is 17.6 Å². The number of pyridine rings is 1. The van der Waals surface area contributed by atoms with Crippen molar-refractivity contribution in [2.24, 2.45) is 5.92 Å². The van der Waals surface area contributed by atoms with Crippen LogP contribution in [0.3, 0.4) is 0 Å². The summed E-state index contributed by atoms with van der Waals surface area (Å²) in [7, 11) is 0. The van der Waals surface area contributed by atoms with Crippen molar-refractivity contribution >= 4 is 11.9 Å². The number of ether oxygens (including phenoxy) is 1. The number of rotatable bonds is 7. The third kappa shape index (κ3) is 5.07. The lowest BCUT2D eigenvalue weighted by molar-refractivity contribution is -0.00339. The third-order valence-corrected chi connectivity index (χ3v) is 6.72. The molecular weight excluding hydrogens is 356 g/mol.